The topological polar surface area (TPSA) is 64.9 Å². The Morgan fingerprint density at radius 1 is 1.15 bits per heavy atom. The van der Waals surface area contributed by atoms with E-state index in [0.717, 1.165) is 15.7 Å². The maximum Gasteiger partial charge on any atom is 0.387 e. The summed E-state index contributed by atoms with van der Waals surface area (Å²) in [6, 6.07) is 13.8. The largest absolute Gasteiger partial charge is 0.434 e. The van der Waals surface area contributed by atoms with Crippen LogP contribution < -0.4 is 10.1 Å². The predicted molar refractivity (Wildman–Crippen MR) is 94.8 cm³/mol. The molecule has 0 radical (unpaired) electrons. The first-order valence-corrected chi connectivity index (χ1v) is 8.47. The number of nitrogens with zero attached hydrogens (tertiary/aromatic N) is 4. The molecule has 0 saturated carbocycles. The maximum atomic E-state index is 12.8. The van der Waals surface area contributed by atoms with E-state index in [2.05, 4.69) is 41.5 Å². The minimum absolute atomic E-state index is 0.0840. The number of hydrogen-bond acceptors (Lipinski definition) is 5. The number of hydrogen-bond donors (Lipinski definition) is 1. The zero-order valence-corrected chi connectivity index (χ0v) is 14.8. The SMILES string of the molecule is FC(F)Oc1ccccc1[C@H]1C=C(c2cccc(Br)c2)Nc2nnnn21. The van der Waals surface area contributed by atoms with Gasteiger partial charge in [-0.25, -0.2) is 0 Å². The summed E-state index contributed by atoms with van der Waals surface area (Å²) in [4.78, 5) is 0. The van der Waals surface area contributed by atoms with E-state index in [1.807, 2.05) is 30.3 Å². The number of rotatable bonds is 4. The highest BCUT2D eigenvalue weighted by Crippen LogP contribution is 2.36. The third-order valence-corrected chi connectivity index (χ3v) is 4.41. The summed E-state index contributed by atoms with van der Waals surface area (Å²) < 4.78 is 32.7. The zero-order chi connectivity index (χ0) is 18.1. The fraction of sp³-hybridized carbons (Fsp3) is 0.118. The molecule has 1 aromatic heterocycles. The van der Waals surface area contributed by atoms with E-state index in [1.54, 1.807) is 18.2 Å². The molecule has 132 valence electrons. The monoisotopic (exact) mass is 419 g/mol. The van der Waals surface area contributed by atoms with Gasteiger partial charge in [-0.3, -0.25) is 0 Å². The molecule has 1 aliphatic rings. The molecule has 0 aliphatic carbocycles. The summed E-state index contributed by atoms with van der Waals surface area (Å²) in [5, 5.41) is 14.8. The number of ether oxygens (including phenoxy) is 1. The van der Waals surface area contributed by atoms with Gasteiger partial charge in [0.15, 0.2) is 0 Å². The van der Waals surface area contributed by atoms with Crippen molar-refractivity contribution in [2.45, 2.75) is 12.7 Å². The fourth-order valence-corrected chi connectivity index (χ4v) is 3.23. The Morgan fingerprint density at radius 3 is 2.81 bits per heavy atom. The van der Waals surface area contributed by atoms with E-state index >= 15 is 0 Å². The summed E-state index contributed by atoms with van der Waals surface area (Å²) in [5.74, 6) is 0.500. The third-order valence-electron chi connectivity index (χ3n) is 3.92. The van der Waals surface area contributed by atoms with E-state index < -0.39 is 12.7 Å². The Bertz CT molecular complexity index is 975. The third kappa shape index (κ3) is 3.17. The molecule has 0 saturated heterocycles. The van der Waals surface area contributed by atoms with Crippen LogP contribution in [-0.2, 0) is 0 Å². The van der Waals surface area contributed by atoms with Crippen LogP contribution in [0.5, 0.6) is 5.75 Å². The lowest BCUT2D eigenvalue weighted by atomic mass is 10.0. The van der Waals surface area contributed by atoms with Gasteiger partial charge in [0.1, 0.15) is 11.8 Å². The van der Waals surface area contributed by atoms with Crippen molar-refractivity contribution in [1.82, 2.24) is 20.2 Å². The second-order valence-electron chi connectivity index (χ2n) is 5.52. The van der Waals surface area contributed by atoms with Gasteiger partial charge in [-0.2, -0.15) is 13.5 Å². The van der Waals surface area contributed by atoms with Gasteiger partial charge in [0.05, 0.1) is 0 Å². The smallest absolute Gasteiger partial charge is 0.387 e. The number of anilines is 1. The van der Waals surface area contributed by atoms with Crippen LogP contribution in [0.4, 0.5) is 14.7 Å². The normalized spacial score (nSPS) is 16.0. The van der Waals surface area contributed by atoms with Crippen molar-refractivity contribution in [2.24, 2.45) is 0 Å². The minimum Gasteiger partial charge on any atom is -0.434 e. The molecule has 0 amide bonds. The van der Waals surface area contributed by atoms with Gasteiger partial charge in [-0.1, -0.05) is 51.4 Å². The van der Waals surface area contributed by atoms with Crippen LogP contribution in [0.25, 0.3) is 5.70 Å². The Hall–Kier alpha value is -2.81. The van der Waals surface area contributed by atoms with Crippen molar-refractivity contribution >= 4 is 27.6 Å². The molecule has 4 rings (SSSR count). The van der Waals surface area contributed by atoms with Gasteiger partial charge in [-0.15, -0.1) is 0 Å². The van der Waals surface area contributed by atoms with Crippen molar-refractivity contribution in [1.29, 1.82) is 0 Å². The van der Waals surface area contributed by atoms with Gasteiger partial charge in [0.25, 0.3) is 0 Å². The highest BCUT2D eigenvalue weighted by atomic mass is 79.9. The molecule has 0 fully saturated rings. The number of tetrazole rings is 1. The standard InChI is InChI=1S/C17H12BrF2N5O/c18-11-5-3-4-10(8-11)13-9-14(25-17(21-13)22-23-24-25)12-6-1-2-7-15(12)26-16(19)20/h1-9,14,16H,(H,21,22,24)/t14-/m1/s1. The number of nitrogens with one attached hydrogen (secondary N) is 1. The molecule has 0 spiro atoms. The van der Waals surface area contributed by atoms with Crippen LogP contribution in [0, 0.1) is 0 Å². The van der Waals surface area contributed by atoms with Crippen molar-refractivity contribution in [3.8, 4) is 5.75 Å². The molecule has 6 nitrogen and oxygen atoms in total. The average molecular weight is 420 g/mol. The van der Waals surface area contributed by atoms with Crippen LogP contribution in [-0.4, -0.2) is 26.8 Å². The first-order chi connectivity index (χ1) is 12.6. The molecular formula is C17H12BrF2N5O. The molecule has 1 N–H and O–H groups in total. The van der Waals surface area contributed by atoms with Crippen LogP contribution >= 0.6 is 15.9 Å². The number of allylic oxidation sites excluding steroid dienone is 1. The molecule has 2 heterocycles. The molecule has 2 aromatic carbocycles. The maximum absolute atomic E-state index is 12.8. The molecule has 0 unspecified atom stereocenters. The molecular weight excluding hydrogens is 408 g/mol. The Morgan fingerprint density at radius 2 is 2.00 bits per heavy atom. The number of halogens is 3. The van der Waals surface area contributed by atoms with Crippen LogP contribution in [0.3, 0.4) is 0 Å². The van der Waals surface area contributed by atoms with E-state index in [9.17, 15) is 8.78 Å². The van der Waals surface area contributed by atoms with Crippen molar-refractivity contribution in [2.75, 3.05) is 5.32 Å². The molecule has 1 atom stereocenters. The van der Waals surface area contributed by atoms with Gasteiger partial charge in [0, 0.05) is 15.7 Å². The van der Waals surface area contributed by atoms with E-state index in [1.165, 1.54) is 10.7 Å². The zero-order valence-electron chi connectivity index (χ0n) is 13.2. The van der Waals surface area contributed by atoms with Gasteiger partial charge >= 0.3 is 6.61 Å². The fourth-order valence-electron chi connectivity index (χ4n) is 2.83. The molecule has 3 aromatic rings. The Kier molecular flexibility index (Phi) is 4.37. The summed E-state index contributed by atoms with van der Waals surface area (Å²) in [5.41, 5.74) is 2.21. The van der Waals surface area contributed by atoms with E-state index in [0.29, 0.717) is 11.5 Å². The van der Waals surface area contributed by atoms with Gasteiger partial charge < -0.3 is 10.1 Å². The van der Waals surface area contributed by atoms with Crippen LogP contribution in [0.1, 0.15) is 17.2 Å². The second kappa shape index (κ2) is 6.83. The Balaban J connectivity index is 1.82. The Labute approximate surface area is 155 Å². The highest BCUT2D eigenvalue weighted by molar-refractivity contribution is 9.10. The summed E-state index contributed by atoms with van der Waals surface area (Å²) in [7, 11) is 0. The summed E-state index contributed by atoms with van der Waals surface area (Å²) in [6.07, 6.45) is 1.87. The number of benzene rings is 2. The van der Waals surface area contributed by atoms with Crippen LogP contribution in [0.2, 0.25) is 0 Å². The van der Waals surface area contributed by atoms with Gasteiger partial charge in [0.2, 0.25) is 5.95 Å². The second-order valence-corrected chi connectivity index (χ2v) is 6.44. The predicted octanol–water partition coefficient (Wildman–Crippen LogP) is 4.09. The lowest BCUT2D eigenvalue weighted by Crippen LogP contribution is -2.21. The highest BCUT2D eigenvalue weighted by Gasteiger charge is 2.27. The number of alkyl halides is 2. The van der Waals surface area contributed by atoms with Gasteiger partial charge in [-0.05, 0) is 40.3 Å². The van der Waals surface area contributed by atoms with Crippen molar-refractivity contribution in [3.05, 3.63) is 70.2 Å². The van der Waals surface area contributed by atoms with Crippen molar-refractivity contribution in [3.63, 3.8) is 0 Å². The molecule has 0 bridgehead atoms. The minimum atomic E-state index is -2.92. The number of fused-ring (bicyclic) bond motifs is 1. The van der Waals surface area contributed by atoms with Crippen LogP contribution in [0.15, 0.2) is 59.1 Å². The quantitative estimate of drug-likeness (QED) is 0.689. The number of aromatic nitrogens is 4. The molecule has 9 heteroatoms. The molecule has 1 aliphatic heterocycles. The summed E-state index contributed by atoms with van der Waals surface area (Å²) >= 11 is 3.45. The average Bonchev–Trinajstić information content (AvgIpc) is 3.09. The lowest BCUT2D eigenvalue weighted by molar-refractivity contribution is -0.0506. The van der Waals surface area contributed by atoms with Crippen molar-refractivity contribution < 1.29 is 13.5 Å². The van der Waals surface area contributed by atoms with E-state index in [4.69, 9.17) is 0 Å². The summed E-state index contributed by atoms with van der Waals surface area (Å²) in [6.45, 7) is -2.92. The first-order valence-electron chi connectivity index (χ1n) is 7.68. The first kappa shape index (κ1) is 16.6. The molecule has 26 heavy (non-hydrogen) atoms. The lowest BCUT2D eigenvalue weighted by Gasteiger charge is -2.25. The number of para-hydroxylation sites is 1. The van der Waals surface area contributed by atoms with E-state index in [-0.39, 0.29) is 5.75 Å².